The first-order valence-corrected chi connectivity index (χ1v) is 7.37. The van der Waals surface area contributed by atoms with Gasteiger partial charge >= 0.3 is 11.9 Å². The van der Waals surface area contributed by atoms with E-state index in [1.807, 2.05) is 12.2 Å². The average molecular weight is 278 g/mol. The summed E-state index contributed by atoms with van der Waals surface area (Å²) in [6.45, 7) is 0. The van der Waals surface area contributed by atoms with E-state index in [4.69, 9.17) is 0 Å². The Morgan fingerprint density at radius 3 is 2.30 bits per heavy atom. The Hall–Kier alpha value is -1.58. The van der Waals surface area contributed by atoms with Crippen molar-refractivity contribution in [3.05, 3.63) is 24.3 Å². The fourth-order valence-electron chi connectivity index (χ4n) is 3.58. The first-order chi connectivity index (χ1) is 9.61. The summed E-state index contributed by atoms with van der Waals surface area (Å²) in [6.07, 6.45) is 13.0. The molecule has 0 spiro atoms. The molecule has 0 saturated heterocycles. The monoisotopic (exact) mass is 278 g/mol. The van der Waals surface area contributed by atoms with Crippen LogP contribution in [0.4, 0.5) is 0 Å². The lowest BCUT2D eigenvalue weighted by Gasteiger charge is -2.32. The van der Waals surface area contributed by atoms with Crippen LogP contribution in [0.5, 0.6) is 0 Å². The van der Waals surface area contributed by atoms with E-state index in [2.05, 4.69) is 12.2 Å². The van der Waals surface area contributed by atoms with E-state index < -0.39 is 23.8 Å². The highest BCUT2D eigenvalue weighted by Crippen LogP contribution is 2.40. The third-order valence-electron chi connectivity index (χ3n) is 4.62. The number of carboxylic acids is 2. The number of allylic oxidation sites excluding steroid dienone is 4. The van der Waals surface area contributed by atoms with Crippen LogP contribution in [0.3, 0.4) is 0 Å². The van der Waals surface area contributed by atoms with Crippen LogP contribution in [0.25, 0.3) is 0 Å². The summed E-state index contributed by atoms with van der Waals surface area (Å²) in [7, 11) is 0. The van der Waals surface area contributed by atoms with Crippen molar-refractivity contribution in [1.29, 1.82) is 0 Å². The molecule has 2 aliphatic carbocycles. The number of carboxylic acid groups (broad SMARTS) is 2. The van der Waals surface area contributed by atoms with Gasteiger partial charge in [-0.2, -0.15) is 0 Å². The molecule has 2 aliphatic rings. The Bertz CT molecular complexity index is 424. The van der Waals surface area contributed by atoms with Crippen molar-refractivity contribution in [1.82, 2.24) is 0 Å². The van der Waals surface area contributed by atoms with Gasteiger partial charge in [-0.3, -0.25) is 9.59 Å². The molecule has 0 amide bonds. The number of rotatable bonds is 3. The van der Waals surface area contributed by atoms with Crippen LogP contribution in [-0.2, 0) is 9.59 Å². The molecule has 0 aromatic rings. The molecule has 0 aromatic heterocycles. The third kappa shape index (κ3) is 3.30. The van der Waals surface area contributed by atoms with Gasteiger partial charge in [0.1, 0.15) is 0 Å². The van der Waals surface area contributed by atoms with Gasteiger partial charge in [-0.15, -0.1) is 0 Å². The maximum absolute atomic E-state index is 11.7. The molecule has 0 aliphatic heterocycles. The summed E-state index contributed by atoms with van der Waals surface area (Å²) < 4.78 is 0. The predicted molar refractivity (Wildman–Crippen MR) is 75.2 cm³/mol. The molecule has 0 bridgehead atoms. The molecule has 4 heteroatoms. The molecule has 4 nitrogen and oxygen atoms in total. The zero-order valence-corrected chi connectivity index (χ0v) is 11.6. The smallest absolute Gasteiger partial charge is 0.307 e. The van der Waals surface area contributed by atoms with E-state index >= 15 is 0 Å². The minimum atomic E-state index is -0.988. The van der Waals surface area contributed by atoms with Crippen LogP contribution in [0, 0.1) is 23.7 Å². The van der Waals surface area contributed by atoms with Crippen LogP contribution in [-0.4, -0.2) is 22.2 Å². The van der Waals surface area contributed by atoms with Gasteiger partial charge in [-0.05, 0) is 50.4 Å². The van der Waals surface area contributed by atoms with Crippen LogP contribution in [0.2, 0.25) is 0 Å². The Balaban J connectivity index is 2.26. The van der Waals surface area contributed by atoms with Crippen molar-refractivity contribution in [2.45, 2.75) is 38.5 Å². The molecule has 0 aromatic carbocycles. The van der Waals surface area contributed by atoms with Gasteiger partial charge in [0, 0.05) is 0 Å². The second kappa shape index (κ2) is 6.73. The second-order valence-electron chi connectivity index (χ2n) is 5.81. The molecular weight excluding hydrogens is 256 g/mol. The third-order valence-corrected chi connectivity index (χ3v) is 4.62. The fourth-order valence-corrected chi connectivity index (χ4v) is 3.58. The first-order valence-electron chi connectivity index (χ1n) is 7.37. The molecule has 110 valence electrons. The maximum Gasteiger partial charge on any atom is 0.307 e. The van der Waals surface area contributed by atoms with Gasteiger partial charge in [0.05, 0.1) is 11.8 Å². The van der Waals surface area contributed by atoms with Gasteiger partial charge < -0.3 is 10.2 Å². The van der Waals surface area contributed by atoms with E-state index in [1.54, 1.807) is 0 Å². The normalized spacial score (nSPS) is 34.2. The number of carbonyl (C=O) groups is 2. The molecule has 0 radical (unpaired) electrons. The van der Waals surface area contributed by atoms with E-state index in [0.29, 0.717) is 12.8 Å². The van der Waals surface area contributed by atoms with E-state index in [0.717, 1.165) is 25.7 Å². The summed E-state index contributed by atoms with van der Waals surface area (Å²) in [6, 6.07) is 0. The van der Waals surface area contributed by atoms with Crippen molar-refractivity contribution >= 4 is 11.9 Å². The molecule has 2 N–H and O–H groups in total. The van der Waals surface area contributed by atoms with Crippen LogP contribution in [0.1, 0.15) is 38.5 Å². The fraction of sp³-hybridized carbons (Fsp3) is 0.625. The summed E-state index contributed by atoms with van der Waals surface area (Å²) in [5, 5.41) is 18.9. The average Bonchev–Trinajstić information content (AvgIpc) is 2.78. The first kappa shape index (κ1) is 14.8. The Kier molecular flexibility index (Phi) is 4.99. The van der Waals surface area contributed by atoms with Gasteiger partial charge in [0.25, 0.3) is 0 Å². The summed E-state index contributed by atoms with van der Waals surface area (Å²) in [4.78, 5) is 23.1. The Morgan fingerprint density at radius 1 is 0.900 bits per heavy atom. The highest BCUT2D eigenvalue weighted by Gasteiger charge is 2.42. The number of hydrogen-bond donors (Lipinski definition) is 2. The molecule has 0 saturated carbocycles. The second-order valence-corrected chi connectivity index (χ2v) is 5.81. The van der Waals surface area contributed by atoms with Gasteiger partial charge in [-0.25, -0.2) is 0 Å². The van der Waals surface area contributed by atoms with E-state index in [9.17, 15) is 19.8 Å². The van der Waals surface area contributed by atoms with Gasteiger partial charge in [0.15, 0.2) is 0 Å². The minimum Gasteiger partial charge on any atom is -0.481 e. The molecular formula is C16H22O4. The molecule has 0 fully saturated rings. The quantitative estimate of drug-likeness (QED) is 0.778. The predicted octanol–water partition coefficient (Wildman–Crippen LogP) is 3.10. The summed E-state index contributed by atoms with van der Waals surface area (Å²) in [5.41, 5.74) is 0. The van der Waals surface area contributed by atoms with Crippen molar-refractivity contribution in [3.8, 4) is 0 Å². The standard InChI is InChI=1S/C16H22O4/c17-15(18)13-10-6-5-9-12(14(13)16(19)20)11-7-3-1-2-4-8-11/h1,3,5-6,11-14H,2,4,7-10H2,(H,17,18)(H,19,20). The molecule has 20 heavy (non-hydrogen) atoms. The SMILES string of the molecule is O=C(O)C1CC=CCC(C2CC=CCCC2)C1C(=O)O. The molecule has 0 heterocycles. The topological polar surface area (TPSA) is 74.6 Å². The number of aliphatic carboxylic acids is 2. The van der Waals surface area contributed by atoms with Gasteiger partial charge in [-0.1, -0.05) is 24.3 Å². The van der Waals surface area contributed by atoms with Crippen molar-refractivity contribution in [2.24, 2.45) is 23.7 Å². The lowest BCUT2D eigenvalue weighted by Crippen LogP contribution is -2.37. The Morgan fingerprint density at radius 2 is 1.60 bits per heavy atom. The molecule has 4 unspecified atom stereocenters. The number of hydrogen-bond acceptors (Lipinski definition) is 2. The summed E-state index contributed by atoms with van der Waals surface area (Å²) >= 11 is 0. The van der Waals surface area contributed by atoms with Crippen LogP contribution < -0.4 is 0 Å². The van der Waals surface area contributed by atoms with Crippen molar-refractivity contribution in [3.63, 3.8) is 0 Å². The zero-order chi connectivity index (χ0) is 14.5. The van der Waals surface area contributed by atoms with Crippen molar-refractivity contribution in [2.75, 3.05) is 0 Å². The van der Waals surface area contributed by atoms with Crippen molar-refractivity contribution < 1.29 is 19.8 Å². The van der Waals surface area contributed by atoms with Crippen LogP contribution in [0.15, 0.2) is 24.3 Å². The Labute approximate surface area is 119 Å². The van der Waals surface area contributed by atoms with Crippen LogP contribution >= 0.6 is 0 Å². The highest BCUT2D eigenvalue weighted by molar-refractivity contribution is 5.80. The molecule has 2 rings (SSSR count). The molecule has 4 atom stereocenters. The lowest BCUT2D eigenvalue weighted by molar-refractivity contribution is -0.156. The zero-order valence-electron chi connectivity index (χ0n) is 11.6. The summed E-state index contributed by atoms with van der Waals surface area (Å²) in [5.74, 6) is -3.32. The van der Waals surface area contributed by atoms with Gasteiger partial charge in [0.2, 0.25) is 0 Å². The van der Waals surface area contributed by atoms with E-state index in [1.165, 1.54) is 0 Å². The highest BCUT2D eigenvalue weighted by atomic mass is 16.4. The minimum absolute atomic E-state index is 0.0740. The largest absolute Gasteiger partial charge is 0.481 e. The maximum atomic E-state index is 11.7. The lowest BCUT2D eigenvalue weighted by atomic mass is 9.71. The van der Waals surface area contributed by atoms with E-state index in [-0.39, 0.29) is 11.8 Å².